The zero-order valence-corrected chi connectivity index (χ0v) is 10.9. The molecule has 1 aliphatic rings. The van der Waals surface area contributed by atoms with Crippen molar-refractivity contribution in [1.29, 1.82) is 0 Å². The third-order valence-corrected chi connectivity index (χ3v) is 2.95. The Morgan fingerprint density at radius 2 is 2.18 bits per heavy atom. The van der Waals surface area contributed by atoms with Crippen LogP contribution in [0.2, 0.25) is 0 Å². The van der Waals surface area contributed by atoms with Gasteiger partial charge in [0.15, 0.2) is 6.23 Å². The highest BCUT2D eigenvalue weighted by Gasteiger charge is 2.30. The second-order valence-corrected chi connectivity index (χ2v) is 4.73. The predicted octanol–water partition coefficient (Wildman–Crippen LogP) is 3.14. The minimum Gasteiger partial charge on any atom is -0.496 e. The zero-order valence-electron chi connectivity index (χ0n) is 10.9. The summed E-state index contributed by atoms with van der Waals surface area (Å²) in [7, 11) is 1.70. The zero-order chi connectivity index (χ0) is 12.5. The Morgan fingerprint density at radius 3 is 2.71 bits per heavy atom. The molecule has 2 rings (SSSR count). The Kier molecular flexibility index (Phi) is 3.20. The fraction of sp³-hybridized carbons (Fsp3) is 0.500. The second-order valence-electron chi connectivity index (χ2n) is 4.73. The fourth-order valence-corrected chi connectivity index (χ4v) is 2.12. The van der Waals surface area contributed by atoms with E-state index in [4.69, 9.17) is 9.47 Å². The first-order valence-electron chi connectivity index (χ1n) is 5.95. The van der Waals surface area contributed by atoms with Gasteiger partial charge in [-0.25, -0.2) is 0 Å². The smallest absolute Gasteiger partial charge is 0.175 e. The first kappa shape index (κ1) is 12.1. The number of benzene rings is 1. The predicted molar refractivity (Wildman–Crippen MR) is 68.8 cm³/mol. The highest BCUT2D eigenvalue weighted by molar-refractivity contribution is 5.69. The van der Waals surface area contributed by atoms with Gasteiger partial charge in [0.25, 0.3) is 0 Å². The van der Waals surface area contributed by atoms with Gasteiger partial charge in [-0.1, -0.05) is 19.1 Å². The van der Waals surface area contributed by atoms with Crippen molar-refractivity contribution in [3.63, 3.8) is 0 Å². The van der Waals surface area contributed by atoms with Crippen LogP contribution in [0.5, 0.6) is 5.75 Å². The van der Waals surface area contributed by atoms with Crippen molar-refractivity contribution >= 4 is 6.21 Å². The standard InChI is InChI=1S/C14H19NO2/c1-5-10-11(7-6-8-12(10)16-4)13-15-9-14(2,3)17-13/h6-9,13H,5H2,1-4H3/t13-/m1/s1. The van der Waals surface area contributed by atoms with Gasteiger partial charge in [0.2, 0.25) is 0 Å². The van der Waals surface area contributed by atoms with Crippen molar-refractivity contribution in [3.05, 3.63) is 29.3 Å². The molecule has 1 atom stereocenters. The third kappa shape index (κ3) is 2.34. The van der Waals surface area contributed by atoms with Crippen molar-refractivity contribution in [2.45, 2.75) is 39.0 Å². The molecule has 1 aliphatic heterocycles. The SMILES string of the molecule is CCc1c(OC)cccc1[C@@H]1N=CC(C)(C)O1. The minimum absolute atomic E-state index is 0.199. The van der Waals surface area contributed by atoms with Crippen LogP contribution in [0.25, 0.3) is 0 Å². The van der Waals surface area contributed by atoms with E-state index in [0.717, 1.165) is 17.7 Å². The van der Waals surface area contributed by atoms with E-state index >= 15 is 0 Å². The lowest BCUT2D eigenvalue weighted by Gasteiger charge is -2.20. The molecule has 1 heterocycles. The van der Waals surface area contributed by atoms with Crippen molar-refractivity contribution in [2.75, 3.05) is 7.11 Å². The van der Waals surface area contributed by atoms with Crippen LogP contribution in [0.4, 0.5) is 0 Å². The average molecular weight is 233 g/mol. The number of nitrogens with zero attached hydrogens (tertiary/aromatic N) is 1. The van der Waals surface area contributed by atoms with Gasteiger partial charge in [-0.15, -0.1) is 0 Å². The summed E-state index contributed by atoms with van der Waals surface area (Å²) in [6.07, 6.45) is 2.58. The number of hydrogen-bond donors (Lipinski definition) is 0. The molecular weight excluding hydrogens is 214 g/mol. The lowest BCUT2D eigenvalue weighted by Crippen LogP contribution is -2.21. The molecule has 0 saturated carbocycles. The van der Waals surface area contributed by atoms with E-state index in [1.807, 2.05) is 32.2 Å². The van der Waals surface area contributed by atoms with E-state index in [-0.39, 0.29) is 11.8 Å². The van der Waals surface area contributed by atoms with Gasteiger partial charge < -0.3 is 9.47 Å². The fourth-order valence-electron chi connectivity index (χ4n) is 2.12. The number of hydrogen-bond acceptors (Lipinski definition) is 3. The molecular formula is C14H19NO2. The number of ether oxygens (including phenoxy) is 2. The molecule has 92 valence electrons. The van der Waals surface area contributed by atoms with Crippen LogP contribution in [0, 0.1) is 0 Å². The Morgan fingerprint density at radius 1 is 1.41 bits per heavy atom. The van der Waals surface area contributed by atoms with E-state index in [2.05, 4.69) is 18.0 Å². The molecule has 0 radical (unpaired) electrons. The Bertz CT molecular complexity index is 438. The lowest BCUT2D eigenvalue weighted by molar-refractivity contribution is -0.00222. The Balaban J connectivity index is 2.37. The summed E-state index contributed by atoms with van der Waals surface area (Å²) in [6.45, 7) is 6.15. The first-order chi connectivity index (χ1) is 8.07. The highest BCUT2D eigenvalue weighted by Crippen LogP contribution is 2.35. The monoisotopic (exact) mass is 233 g/mol. The molecule has 3 nitrogen and oxygen atoms in total. The normalized spacial score (nSPS) is 21.8. The molecule has 0 amide bonds. The van der Waals surface area contributed by atoms with Gasteiger partial charge in [-0.05, 0) is 26.3 Å². The number of methoxy groups -OCH3 is 1. The van der Waals surface area contributed by atoms with E-state index in [0.29, 0.717) is 0 Å². The molecule has 1 aromatic rings. The van der Waals surface area contributed by atoms with Crippen molar-refractivity contribution in [3.8, 4) is 5.75 Å². The summed E-state index contributed by atoms with van der Waals surface area (Å²) in [6, 6.07) is 6.02. The third-order valence-electron chi connectivity index (χ3n) is 2.95. The van der Waals surface area contributed by atoms with Gasteiger partial charge in [0.1, 0.15) is 11.4 Å². The molecule has 1 aromatic carbocycles. The van der Waals surface area contributed by atoms with Crippen LogP contribution in [-0.4, -0.2) is 18.9 Å². The van der Waals surface area contributed by atoms with Gasteiger partial charge in [0, 0.05) is 17.3 Å². The molecule has 17 heavy (non-hydrogen) atoms. The summed E-state index contributed by atoms with van der Waals surface area (Å²) in [5.74, 6) is 0.911. The highest BCUT2D eigenvalue weighted by atomic mass is 16.5. The molecule has 0 aliphatic carbocycles. The maximum absolute atomic E-state index is 5.90. The van der Waals surface area contributed by atoms with E-state index in [1.165, 1.54) is 5.56 Å². The molecule has 0 fully saturated rings. The summed E-state index contributed by atoms with van der Waals surface area (Å²) in [5, 5.41) is 0. The van der Waals surface area contributed by atoms with Crippen LogP contribution in [0.15, 0.2) is 23.2 Å². The topological polar surface area (TPSA) is 30.8 Å². The number of rotatable bonds is 3. The Labute approximate surface area is 102 Å². The summed E-state index contributed by atoms with van der Waals surface area (Å²) < 4.78 is 11.3. The van der Waals surface area contributed by atoms with E-state index in [1.54, 1.807) is 7.11 Å². The maximum atomic E-state index is 5.90. The molecule has 0 bridgehead atoms. The van der Waals surface area contributed by atoms with Crippen LogP contribution in [-0.2, 0) is 11.2 Å². The van der Waals surface area contributed by atoms with E-state index in [9.17, 15) is 0 Å². The molecule has 0 unspecified atom stereocenters. The van der Waals surface area contributed by atoms with Crippen molar-refractivity contribution in [1.82, 2.24) is 0 Å². The average Bonchev–Trinajstić information content (AvgIpc) is 2.68. The maximum Gasteiger partial charge on any atom is 0.175 e. The molecule has 3 heteroatoms. The molecule has 0 N–H and O–H groups in total. The van der Waals surface area contributed by atoms with E-state index < -0.39 is 0 Å². The first-order valence-corrected chi connectivity index (χ1v) is 5.95. The second kappa shape index (κ2) is 4.49. The minimum atomic E-state index is -0.279. The van der Waals surface area contributed by atoms with Crippen molar-refractivity contribution in [2.24, 2.45) is 4.99 Å². The van der Waals surface area contributed by atoms with Crippen LogP contribution < -0.4 is 4.74 Å². The number of aliphatic imine (C=N–C) groups is 1. The van der Waals surface area contributed by atoms with Crippen LogP contribution in [0.1, 0.15) is 38.1 Å². The van der Waals surface area contributed by atoms with Crippen LogP contribution >= 0.6 is 0 Å². The quantitative estimate of drug-likeness (QED) is 0.803. The summed E-state index contributed by atoms with van der Waals surface area (Å²) >= 11 is 0. The lowest BCUT2D eigenvalue weighted by atomic mass is 10.0. The van der Waals surface area contributed by atoms with Gasteiger partial charge >= 0.3 is 0 Å². The largest absolute Gasteiger partial charge is 0.496 e. The Hall–Kier alpha value is -1.35. The molecule has 0 aromatic heterocycles. The van der Waals surface area contributed by atoms with Gasteiger partial charge in [0.05, 0.1) is 7.11 Å². The summed E-state index contributed by atoms with van der Waals surface area (Å²) in [4.78, 5) is 4.44. The van der Waals surface area contributed by atoms with Crippen molar-refractivity contribution < 1.29 is 9.47 Å². The molecule has 0 saturated heterocycles. The molecule has 0 spiro atoms. The summed E-state index contributed by atoms with van der Waals surface area (Å²) in [5.41, 5.74) is 2.00. The van der Waals surface area contributed by atoms with Gasteiger partial charge in [-0.3, -0.25) is 4.99 Å². The van der Waals surface area contributed by atoms with Gasteiger partial charge in [-0.2, -0.15) is 0 Å². The van der Waals surface area contributed by atoms with Crippen LogP contribution in [0.3, 0.4) is 0 Å².